The maximum absolute atomic E-state index is 12.4. The van der Waals surface area contributed by atoms with Gasteiger partial charge in [-0.25, -0.2) is 0 Å². The Hall–Kier alpha value is -2.18. The van der Waals surface area contributed by atoms with E-state index in [2.05, 4.69) is 55.6 Å². The Balaban J connectivity index is 3.52. The molecule has 0 aliphatic rings. The Bertz CT molecular complexity index is 1070. The molecule has 0 aromatic heterocycles. The summed E-state index contributed by atoms with van der Waals surface area (Å²) in [5.41, 5.74) is 0. The van der Waals surface area contributed by atoms with Crippen LogP contribution in [0.1, 0.15) is 277 Å². The number of nitrogens with one attached hydrogen (secondary N) is 1. The highest BCUT2D eigenvalue weighted by atomic mass is 16.5. The van der Waals surface area contributed by atoms with Crippen molar-refractivity contribution in [1.82, 2.24) is 5.32 Å². The topological polar surface area (TPSA) is 95.9 Å². The van der Waals surface area contributed by atoms with Crippen molar-refractivity contribution in [1.29, 1.82) is 0 Å². The number of allylic oxidation sites excluding steroid dienone is 7. The molecule has 6 heteroatoms. The molecule has 63 heavy (non-hydrogen) atoms. The number of ether oxygens (including phenoxy) is 1. The van der Waals surface area contributed by atoms with Gasteiger partial charge in [-0.2, -0.15) is 0 Å². The van der Waals surface area contributed by atoms with Crippen LogP contribution in [0.3, 0.4) is 0 Å². The Morgan fingerprint density at radius 3 is 1.24 bits per heavy atom. The molecule has 1 amide bonds. The van der Waals surface area contributed by atoms with Gasteiger partial charge >= 0.3 is 5.97 Å². The molecule has 368 valence electrons. The van der Waals surface area contributed by atoms with Gasteiger partial charge in [-0.3, -0.25) is 9.59 Å². The standard InChI is InChI=1S/C57H105NO5/c1-3-5-7-9-11-13-15-17-26-29-33-37-41-45-49-55(60)54(53-59)58-56(61)50-46-42-38-34-30-27-23-21-19-18-20-22-24-28-32-36-40-44-48-52-63-57(62)51-47-43-39-35-31-25-16-14-12-10-8-6-4-2/h14,16,22,24,28,32,45,49,54-55,59-60H,3-13,15,17-21,23,25-27,29-31,33-44,46-48,50-53H2,1-2H3,(H,58,61)/b16-14-,24-22-,32-28-,49-45+. The van der Waals surface area contributed by atoms with E-state index in [1.165, 1.54) is 173 Å². The fraction of sp³-hybridized carbons (Fsp3) is 0.825. The summed E-state index contributed by atoms with van der Waals surface area (Å²) >= 11 is 0. The summed E-state index contributed by atoms with van der Waals surface area (Å²) in [4.78, 5) is 24.4. The van der Waals surface area contributed by atoms with Crippen molar-refractivity contribution < 1.29 is 24.5 Å². The number of amides is 1. The molecule has 0 bridgehead atoms. The lowest BCUT2D eigenvalue weighted by Crippen LogP contribution is -2.45. The summed E-state index contributed by atoms with van der Waals surface area (Å²) in [6.45, 7) is 4.83. The highest BCUT2D eigenvalue weighted by Gasteiger charge is 2.18. The van der Waals surface area contributed by atoms with Crippen molar-refractivity contribution in [2.24, 2.45) is 0 Å². The SMILES string of the molecule is CCCCCC/C=C\CCCCCCCC(=O)OCCCCC/C=C\C=C/CCCCCCCCCCCCC(=O)NC(CO)C(O)/C=C/CCCCCCCCCCCCCC. The van der Waals surface area contributed by atoms with E-state index in [1.54, 1.807) is 6.08 Å². The van der Waals surface area contributed by atoms with Crippen LogP contribution >= 0.6 is 0 Å². The van der Waals surface area contributed by atoms with Crippen molar-refractivity contribution in [3.8, 4) is 0 Å². The van der Waals surface area contributed by atoms with Crippen molar-refractivity contribution >= 4 is 11.9 Å². The van der Waals surface area contributed by atoms with E-state index in [9.17, 15) is 19.8 Å². The number of carbonyl (C=O) groups is 2. The van der Waals surface area contributed by atoms with Crippen molar-refractivity contribution in [2.75, 3.05) is 13.2 Å². The summed E-state index contributed by atoms with van der Waals surface area (Å²) in [5, 5.41) is 23.1. The number of rotatable bonds is 50. The Morgan fingerprint density at radius 1 is 0.444 bits per heavy atom. The quantitative estimate of drug-likeness (QED) is 0.0245. The third kappa shape index (κ3) is 49.1. The van der Waals surface area contributed by atoms with E-state index in [1.807, 2.05) is 6.08 Å². The van der Waals surface area contributed by atoms with Crippen LogP contribution in [0.5, 0.6) is 0 Å². The van der Waals surface area contributed by atoms with Crippen molar-refractivity contribution in [3.63, 3.8) is 0 Å². The molecule has 0 aromatic rings. The molecule has 0 aromatic carbocycles. The molecule has 0 heterocycles. The number of hydrogen-bond donors (Lipinski definition) is 3. The smallest absolute Gasteiger partial charge is 0.305 e. The number of carbonyl (C=O) groups excluding carboxylic acids is 2. The summed E-state index contributed by atoms with van der Waals surface area (Å²) in [6, 6.07) is -0.636. The monoisotopic (exact) mass is 884 g/mol. The lowest BCUT2D eigenvalue weighted by atomic mass is 10.0. The number of hydrogen-bond acceptors (Lipinski definition) is 5. The number of unbranched alkanes of at least 4 members (excludes halogenated alkanes) is 34. The molecule has 6 nitrogen and oxygen atoms in total. The van der Waals surface area contributed by atoms with Gasteiger partial charge in [-0.15, -0.1) is 0 Å². The zero-order valence-corrected chi connectivity index (χ0v) is 41.8. The zero-order chi connectivity index (χ0) is 45.8. The summed E-state index contributed by atoms with van der Waals surface area (Å²) in [6.07, 6.45) is 65.5. The fourth-order valence-electron chi connectivity index (χ4n) is 8.09. The second kappa shape index (κ2) is 52.4. The van der Waals surface area contributed by atoms with E-state index < -0.39 is 12.1 Å². The lowest BCUT2D eigenvalue weighted by Gasteiger charge is -2.20. The van der Waals surface area contributed by atoms with Gasteiger partial charge in [0.1, 0.15) is 0 Å². The first-order chi connectivity index (χ1) is 31.0. The maximum Gasteiger partial charge on any atom is 0.305 e. The lowest BCUT2D eigenvalue weighted by molar-refractivity contribution is -0.143. The maximum atomic E-state index is 12.4. The molecule has 0 saturated heterocycles. The summed E-state index contributed by atoms with van der Waals surface area (Å²) < 4.78 is 5.43. The van der Waals surface area contributed by atoms with E-state index in [0.717, 1.165) is 77.0 Å². The number of aliphatic hydroxyl groups is 2. The van der Waals surface area contributed by atoms with Crippen LogP contribution in [0.15, 0.2) is 48.6 Å². The van der Waals surface area contributed by atoms with Gasteiger partial charge in [-0.05, 0) is 89.9 Å². The second-order valence-electron chi connectivity index (χ2n) is 18.6. The third-order valence-corrected chi connectivity index (χ3v) is 12.3. The molecule has 0 fully saturated rings. The first kappa shape index (κ1) is 60.8. The average Bonchev–Trinajstić information content (AvgIpc) is 3.28. The van der Waals surface area contributed by atoms with Crippen LogP contribution in [-0.2, 0) is 14.3 Å². The van der Waals surface area contributed by atoms with Crippen molar-refractivity contribution in [2.45, 2.75) is 289 Å². The zero-order valence-electron chi connectivity index (χ0n) is 41.8. The minimum absolute atomic E-state index is 0.0241. The predicted octanol–water partition coefficient (Wildman–Crippen LogP) is 16.6. The van der Waals surface area contributed by atoms with Gasteiger partial charge < -0.3 is 20.3 Å². The number of aliphatic hydroxyl groups excluding tert-OH is 2. The minimum Gasteiger partial charge on any atom is -0.466 e. The van der Waals surface area contributed by atoms with E-state index in [-0.39, 0.29) is 18.5 Å². The van der Waals surface area contributed by atoms with Crippen LogP contribution < -0.4 is 5.32 Å². The molecule has 0 saturated carbocycles. The van der Waals surface area contributed by atoms with Crippen molar-refractivity contribution in [3.05, 3.63) is 48.6 Å². The summed E-state index contributed by atoms with van der Waals surface area (Å²) in [7, 11) is 0. The first-order valence-electron chi connectivity index (χ1n) is 27.4. The molecule has 0 aliphatic carbocycles. The van der Waals surface area contributed by atoms with Gasteiger partial charge in [0.25, 0.3) is 0 Å². The molecule has 2 unspecified atom stereocenters. The molecular formula is C57H105NO5. The predicted molar refractivity (Wildman–Crippen MR) is 273 cm³/mol. The van der Waals surface area contributed by atoms with Crippen LogP contribution in [0.25, 0.3) is 0 Å². The van der Waals surface area contributed by atoms with Crippen LogP contribution in [0, 0.1) is 0 Å². The van der Waals surface area contributed by atoms with Crippen LogP contribution in [0.2, 0.25) is 0 Å². The molecule has 0 rings (SSSR count). The fourth-order valence-corrected chi connectivity index (χ4v) is 8.09. The average molecular weight is 884 g/mol. The molecule has 0 spiro atoms. The highest BCUT2D eigenvalue weighted by Crippen LogP contribution is 2.15. The molecule has 0 radical (unpaired) electrons. The van der Waals surface area contributed by atoms with Gasteiger partial charge in [-0.1, -0.05) is 223 Å². The van der Waals surface area contributed by atoms with Crippen LogP contribution in [0.4, 0.5) is 0 Å². The Morgan fingerprint density at radius 2 is 0.794 bits per heavy atom. The van der Waals surface area contributed by atoms with Crippen LogP contribution in [-0.4, -0.2) is 47.4 Å². The Labute approximate surface area is 391 Å². The van der Waals surface area contributed by atoms with E-state index in [0.29, 0.717) is 19.4 Å². The third-order valence-electron chi connectivity index (χ3n) is 12.3. The molecule has 2 atom stereocenters. The molecule has 3 N–H and O–H groups in total. The molecular weight excluding hydrogens is 779 g/mol. The van der Waals surface area contributed by atoms with Gasteiger partial charge in [0.2, 0.25) is 5.91 Å². The normalized spacial score (nSPS) is 13.0. The highest BCUT2D eigenvalue weighted by molar-refractivity contribution is 5.76. The van der Waals surface area contributed by atoms with Gasteiger partial charge in [0, 0.05) is 12.8 Å². The summed E-state index contributed by atoms with van der Waals surface area (Å²) in [5.74, 6) is -0.103. The van der Waals surface area contributed by atoms with E-state index in [4.69, 9.17) is 4.74 Å². The molecule has 0 aliphatic heterocycles. The minimum atomic E-state index is -0.851. The van der Waals surface area contributed by atoms with Gasteiger partial charge in [0.05, 0.1) is 25.4 Å². The second-order valence-corrected chi connectivity index (χ2v) is 18.6. The largest absolute Gasteiger partial charge is 0.466 e. The van der Waals surface area contributed by atoms with E-state index >= 15 is 0 Å². The number of esters is 1. The first-order valence-corrected chi connectivity index (χ1v) is 27.4. The Kier molecular flexibility index (Phi) is 50.6. The van der Waals surface area contributed by atoms with Gasteiger partial charge in [0.15, 0.2) is 0 Å².